The van der Waals surface area contributed by atoms with Gasteiger partial charge in [-0.15, -0.1) is 0 Å². The summed E-state index contributed by atoms with van der Waals surface area (Å²) in [4.78, 5) is 28.3. The third-order valence-corrected chi connectivity index (χ3v) is 6.06. The molecule has 32 heavy (non-hydrogen) atoms. The smallest absolute Gasteiger partial charge is 0.282 e. The monoisotopic (exact) mass is 444 g/mol. The fourth-order valence-corrected chi connectivity index (χ4v) is 3.85. The SMILES string of the molecule is Cc1ccc(N2C(=O)C(Nc3ccc(C(C)C)cc3)=C(c3ccc(Cl)cc3)C2=O)cc1C. The van der Waals surface area contributed by atoms with Crippen LogP contribution < -0.4 is 10.2 Å². The van der Waals surface area contributed by atoms with Crippen molar-refractivity contribution in [3.63, 3.8) is 0 Å². The number of carbonyl (C=O) groups is 2. The van der Waals surface area contributed by atoms with Crippen LogP contribution in [0.2, 0.25) is 5.02 Å². The molecule has 5 heteroatoms. The molecule has 0 aliphatic carbocycles. The first-order valence-corrected chi connectivity index (χ1v) is 11.0. The van der Waals surface area contributed by atoms with E-state index in [1.165, 1.54) is 10.5 Å². The quantitative estimate of drug-likeness (QED) is 0.458. The first-order valence-electron chi connectivity index (χ1n) is 10.6. The maximum atomic E-state index is 13.5. The Hall–Kier alpha value is -3.37. The van der Waals surface area contributed by atoms with Gasteiger partial charge in [-0.05, 0) is 78.4 Å². The van der Waals surface area contributed by atoms with E-state index in [0.29, 0.717) is 27.8 Å². The minimum Gasteiger partial charge on any atom is -0.350 e. The van der Waals surface area contributed by atoms with E-state index in [0.717, 1.165) is 16.8 Å². The summed E-state index contributed by atoms with van der Waals surface area (Å²) in [5.74, 6) is -0.333. The number of hydrogen-bond donors (Lipinski definition) is 1. The molecule has 0 spiro atoms. The van der Waals surface area contributed by atoms with E-state index in [1.54, 1.807) is 30.3 Å². The standard InChI is InChI=1S/C27H25ClN2O2/c1-16(2)19-8-12-22(13-9-19)29-25-24(20-6-10-21(28)11-7-20)26(31)30(27(25)32)23-14-5-17(3)18(4)15-23/h5-16,29H,1-4H3. The van der Waals surface area contributed by atoms with E-state index in [-0.39, 0.29) is 17.5 Å². The molecule has 0 saturated carbocycles. The maximum absolute atomic E-state index is 13.5. The molecule has 1 heterocycles. The predicted molar refractivity (Wildman–Crippen MR) is 131 cm³/mol. The van der Waals surface area contributed by atoms with Gasteiger partial charge >= 0.3 is 0 Å². The van der Waals surface area contributed by atoms with E-state index in [2.05, 4.69) is 19.2 Å². The third-order valence-electron chi connectivity index (χ3n) is 5.81. The number of hydrogen-bond acceptors (Lipinski definition) is 3. The molecular formula is C27H25ClN2O2. The van der Waals surface area contributed by atoms with Crippen molar-refractivity contribution in [3.05, 3.63) is 99.7 Å². The van der Waals surface area contributed by atoms with Crippen LogP contribution in [-0.2, 0) is 9.59 Å². The van der Waals surface area contributed by atoms with Crippen LogP contribution >= 0.6 is 11.6 Å². The molecule has 0 bridgehead atoms. The summed E-state index contributed by atoms with van der Waals surface area (Å²) in [6.45, 7) is 8.22. The number of benzene rings is 3. The Bertz CT molecular complexity index is 1230. The van der Waals surface area contributed by atoms with E-state index in [9.17, 15) is 9.59 Å². The van der Waals surface area contributed by atoms with Crippen LogP contribution in [0.15, 0.2) is 72.4 Å². The molecule has 4 rings (SSSR count). The number of imide groups is 1. The van der Waals surface area contributed by atoms with Crippen LogP contribution in [0.25, 0.3) is 5.57 Å². The Morgan fingerprint density at radius 2 is 1.47 bits per heavy atom. The van der Waals surface area contributed by atoms with E-state index < -0.39 is 0 Å². The van der Waals surface area contributed by atoms with Crippen LogP contribution in [0, 0.1) is 13.8 Å². The normalized spacial score (nSPS) is 14.0. The van der Waals surface area contributed by atoms with E-state index in [1.807, 2.05) is 50.2 Å². The summed E-state index contributed by atoms with van der Waals surface area (Å²) < 4.78 is 0. The highest BCUT2D eigenvalue weighted by Gasteiger charge is 2.40. The van der Waals surface area contributed by atoms with Gasteiger partial charge < -0.3 is 5.32 Å². The van der Waals surface area contributed by atoms with Crippen molar-refractivity contribution >= 4 is 40.4 Å². The fraction of sp³-hybridized carbons (Fsp3) is 0.185. The second-order valence-electron chi connectivity index (χ2n) is 8.37. The highest BCUT2D eigenvalue weighted by molar-refractivity contribution is 6.46. The molecule has 0 aromatic heterocycles. The van der Waals surface area contributed by atoms with Crippen LogP contribution in [0.4, 0.5) is 11.4 Å². The Kier molecular flexibility index (Phi) is 5.90. The minimum absolute atomic E-state index is 0.257. The summed E-state index contributed by atoms with van der Waals surface area (Å²) in [6, 6.07) is 20.5. The second kappa shape index (κ2) is 8.64. The van der Waals surface area contributed by atoms with Gasteiger partial charge in [0.25, 0.3) is 11.8 Å². The average molecular weight is 445 g/mol. The summed E-state index contributed by atoms with van der Waals surface area (Å²) in [6.07, 6.45) is 0. The van der Waals surface area contributed by atoms with Gasteiger partial charge in [-0.3, -0.25) is 9.59 Å². The van der Waals surface area contributed by atoms with Crippen molar-refractivity contribution in [2.24, 2.45) is 0 Å². The highest BCUT2D eigenvalue weighted by Crippen LogP contribution is 2.35. The zero-order valence-corrected chi connectivity index (χ0v) is 19.3. The summed E-state index contributed by atoms with van der Waals surface area (Å²) in [5.41, 5.74) is 5.85. The zero-order chi connectivity index (χ0) is 23.0. The topological polar surface area (TPSA) is 49.4 Å². The number of aryl methyl sites for hydroxylation is 2. The number of nitrogens with zero attached hydrogens (tertiary/aromatic N) is 1. The predicted octanol–water partition coefficient (Wildman–Crippen LogP) is 6.48. The first kappa shape index (κ1) is 21.8. The highest BCUT2D eigenvalue weighted by atomic mass is 35.5. The molecular weight excluding hydrogens is 420 g/mol. The average Bonchev–Trinajstić information content (AvgIpc) is 3.01. The molecule has 1 aliphatic heterocycles. The van der Waals surface area contributed by atoms with Crippen molar-refractivity contribution in [2.75, 3.05) is 10.2 Å². The molecule has 0 unspecified atom stereocenters. The van der Waals surface area contributed by atoms with Crippen LogP contribution in [0.1, 0.15) is 42.0 Å². The maximum Gasteiger partial charge on any atom is 0.282 e. The molecule has 0 radical (unpaired) electrons. The molecule has 162 valence electrons. The summed E-state index contributed by atoms with van der Waals surface area (Å²) in [7, 11) is 0. The van der Waals surface area contributed by atoms with Crippen LogP contribution in [-0.4, -0.2) is 11.8 Å². The first-order chi connectivity index (χ1) is 15.3. The lowest BCUT2D eigenvalue weighted by Crippen LogP contribution is -2.32. The summed E-state index contributed by atoms with van der Waals surface area (Å²) >= 11 is 6.05. The minimum atomic E-state index is -0.379. The van der Waals surface area contributed by atoms with Gasteiger partial charge in [0.1, 0.15) is 5.70 Å². The molecule has 3 aromatic carbocycles. The van der Waals surface area contributed by atoms with E-state index >= 15 is 0 Å². The Morgan fingerprint density at radius 3 is 2.06 bits per heavy atom. The van der Waals surface area contributed by atoms with Gasteiger partial charge in [0, 0.05) is 10.7 Å². The Labute approximate surface area is 193 Å². The molecule has 1 aliphatic rings. The van der Waals surface area contributed by atoms with Gasteiger partial charge in [-0.25, -0.2) is 4.90 Å². The van der Waals surface area contributed by atoms with Gasteiger partial charge in [0.05, 0.1) is 11.3 Å². The molecule has 0 saturated heterocycles. The second-order valence-corrected chi connectivity index (χ2v) is 8.81. The number of halogens is 1. The molecule has 3 aromatic rings. The van der Waals surface area contributed by atoms with Gasteiger partial charge in [-0.2, -0.15) is 0 Å². The van der Waals surface area contributed by atoms with Gasteiger partial charge in [0.2, 0.25) is 0 Å². The van der Waals surface area contributed by atoms with Crippen molar-refractivity contribution in [1.82, 2.24) is 0 Å². The molecule has 1 N–H and O–H groups in total. The third kappa shape index (κ3) is 4.06. The Morgan fingerprint density at radius 1 is 0.812 bits per heavy atom. The largest absolute Gasteiger partial charge is 0.350 e. The Balaban J connectivity index is 1.78. The lowest BCUT2D eigenvalue weighted by molar-refractivity contribution is -0.120. The molecule has 0 atom stereocenters. The lowest BCUT2D eigenvalue weighted by Gasteiger charge is -2.17. The molecule has 0 fully saturated rings. The zero-order valence-electron chi connectivity index (χ0n) is 18.6. The molecule has 4 nitrogen and oxygen atoms in total. The van der Waals surface area contributed by atoms with Gasteiger partial charge in [0.15, 0.2) is 0 Å². The van der Waals surface area contributed by atoms with Gasteiger partial charge in [-0.1, -0.05) is 55.8 Å². The number of carbonyl (C=O) groups excluding carboxylic acids is 2. The van der Waals surface area contributed by atoms with Crippen LogP contribution in [0.3, 0.4) is 0 Å². The summed E-state index contributed by atoms with van der Waals surface area (Å²) in [5, 5.41) is 3.78. The van der Waals surface area contributed by atoms with Crippen molar-refractivity contribution in [2.45, 2.75) is 33.6 Å². The number of nitrogens with one attached hydrogen (secondary N) is 1. The van der Waals surface area contributed by atoms with Crippen molar-refractivity contribution in [1.29, 1.82) is 0 Å². The lowest BCUT2D eigenvalue weighted by atomic mass is 10.0. The molecule has 2 amide bonds. The van der Waals surface area contributed by atoms with Crippen molar-refractivity contribution in [3.8, 4) is 0 Å². The number of amides is 2. The fourth-order valence-electron chi connectivity index (χ4n) is 3.72. The van der Waals surface area contributed by atoms with Crippen molar-refractivity contribution < 1.29 is 9.59 Å². The van der Waals surface area contributed by atoms with E-state index in [4.69, 9.17) is 11.6 Å². The number of anilines is 2. The number of rotatable bonds is 5. The van der Waals surface area contributed by atoms with Crippen LogP contribution in [0.5, 0.6) is 0 Å².